The van der Waals surface area contributed by atoms with Crippen molar-refractivity contribution in [2.75, 3.05) is 140 Å². The number of rotatable bonds is 34. The normalized spacial score (nSPS) is 12.7. The van der Waals surface area contributed by atoms with Crippen molar-refractivity contribution in [1.29, 1.82) is 0 Å². The van der Waals surface area contributed by atoms with Gasteiger partial charge in [-0.1, -0.05) is 30.3 Å². The predicted molar refractivity (Wildman–Crippen MR) is 221 cm³/mol. The number of methoxy groups -OCH3 is 3. The lowest BCUT2D eigenvalue weighted by atomic mass is 10.0. The highest BCUT2D eigenvalue weighted by atomic mass is 16.6. The Hall–Kier alpha value is -4.89. The van der Waals surface area contributed by atoms with E-state index in [1.807, 2.05) is 36.4 Å². The Morgan fingerprint density at radius 3 is 1.36 bits per heavy atom. The molecule has 2 N–H and O–H groups in total. The molecule has 0 aromatic heterocycles. The molecule has 336 valence electrons. The van der Waals surface area contributed by atoms with Crippen molar-refractivity contribution >= 4 is 34.7 Å². The third-order valence-corrected chi connectivity index (χ3v) is 8.49. The second-order valence-electron chi connectivity index (χ2n) is 12.9. The van der Waals surface area contributed by atoms with Crippen LogP contribution in [0.1, 0.15) is 11.1 Å². The zero-order valence-electron chi connectivity index (χ0n) is 35.2. The van der Waals surface area contributed by atoms with Crippen LogP contribution < -0.4 is 29.6 Å². The molecular weight excluding hydrogens is 800 g/mol. The lowest BCUT2D eigenvalue weighted by molar-refractivity contribution is -0.123. The number of imide groups is 2. The standard InChI is InChI=1S/C43H58N2O16/c1-49-10-13-52-16-19-55-22-25-58-38-28-32(31-61-37-9-8-33(34-6-4-5-7-35(34)37)30-36-41(46)44-43(48)45-42(36)47)29-39(59-26-23-56-20-17-53-14-11-50-2)40(38)60-27-24-57-21-18-54-15-12-51-3/h4-9,28-30H,10-27,31H2,1-3H3,(H2,44,45,46,47,48). The van der Waals surface area contributed by atoms with E-state index in [0.717, 1.165) is 10.8 Å². The zero-order valence-corrected chi connectivity index (χ0v) is 35.2. The van der Waals surface area contributed by atoms with Gasteiger partial charge in [0.25, 0.3) is 11.8 Å². The number of ether oxygens (including phenoxy) is 13. The van der Waals surface area contributed by atoms with Gasteiger partial charge in [-0.3, -0.25) is 20.2 Å². The Morgan fingerprint density at radius 1 is 0.459 bits per heavy atom. The Bertz CT molecular complexity index is 1740. The average molecular weight is 859 g/mol. The minimum atomic E-state index is -0.868. The van der Waals surface area contributed by atoms with Crippen LogP contribution >= 0.6 is 0 Å². The van der Waals surface area contributed by atoms with Gasteiger partial charge in [0.2, 0.25) is 5.75 Å². The van der Waals surface area contributed by atoms with Gasteiger partial charge in [-0.25, -0.2) is 4.79 Å². The summed E-state index contributed by atoms with van der Waals surface area (Å²) in [6.45, 7) is 6.88. The summed E-state index contributed by atoms with van der Waals surface area (Å²) in [6.07, 6.45) is 1.44. The molecule has 3 aromatic carbocycles. The Balaban J connectivity index is 1.52. The van der Waals surface area contributed by atoms with Gasteiger partial charge in [0.05, 0.1) is 99.1 Å². The van der Waals surface area contributed by atoms with Crippen molar-refractivity contribution < 1.29 is 76.0 Å². The molecule has 4 rings (SSSR count). The third kappa shape index (κ3) is 17.9. The fraction of sp³-hybridized carbons (Fsp3) is 0.512. The first-order chi connectivity index (χ1) is 29.9. The van der Waals surface area contributed by atoms with E-state index in [2.05, 4.69) is 10.6 Å². The van der Waals surface area contributed by atoms with Crippen LogP contribution in [0, 0.1) is 0 Å². The zero-order chi connectivity index (χ0) is 43.3. The fourth-order valence-corrected chi connectivity index (χ4v) is 5.56. The largest absolute Gasteiger partial charge is 0.488 e. The minimum absolute atomic E-state index is 0.0984. The predicted octanol–water partition coefficient (Wildman–Crippen LogP) is 3.34. The maximum Gasteiger partial charge on any atom is 0.328 e. The molecular formula is C43H58N2O16. The number of benzene rings is 3. The van der Waals surface area contributed by atoms with E-state index >= 15 is 0 Å². The van der Waals surface area contributed by atoms with Gasteiger partial charge in [-0.05, 0) is 40.8 Å². The first-order valence-corrected chi connectivity index (χ1v) is 20.0. The Morgan fingerprint density at radius 2 is 0.885 bits per heavy atom. The smallest absolute Gasteiger partial charge is 0.328 e. The molecule has 1 aliphatic rings. The topological polar surface area (TPSA) is 195 Å². The SMILES string of the molecule is COCCOCCOCCOc1cc(COc2ccc(C=C3C(=O)NC(=O)NC3=O)c3ccccc23)cc(OCCOCCOCCOC)c1OCCOCCOCCOC. The summed E-state index contributed by atoms with van der Waals surface area (Å²) in [7, 11) is 4.85. The molecule has 0 saturated carbocycles. The highest BCUT2D eigenvalue weighted by molar-refractivity contribution is 6.31. The van der Waals surface area contributed by atoms with Crippen LogP contribution in [0.5, 0.6) is 23.0 Å². The monoisotopic (exact) mass is 858 g/mol. The molecule has 0 atom stereocenters. The number of urea groups is 1. The van der Waals surface area contributed by atoms with Gasteiger partial charge >= 0.3 is 6.03 Å². The number of carbonyl (C=O) groups is 3. The molecule has 0 spiro atoms. The minimum Gasteiger partial charge on any atom is -0.488 e. The highest BCUT2D eigenvalue weighted by Gasteiger charge is 2.28. The third-order valence-electron chi connectivity index (χ3n) is 8.49. The molecule has 4 amide bonds. The van der Waals surface area contributed by atoms with E-state index in [1.54, 1.807) is 33.5 Å². The van der Waals surface area contributed by atoms with E-state index in [9.17, 15) is 14.4 Å². The van der Waals surface area contributed by atoms with Crippen LogP contribution in [0.25, 0.3) is 16.8 Å². The second-order valence-corrected chi connectivity index (χ2v) is 12.9. The van der Waals surface area contributed by atoms with E-state index in [4.69, 9.17) is 61.6 Å². The molecule has 1 saturated heterocycles. The van der Waals surface area contributed by atoms with Crippen LogP contribution in [0.3, 0.4) is 0 Å². The molecule has 0 unspecified atom stereocenters. The van der Waals surface area contributed by atoms with Crippen LogP contribution in [0.2, 0.25) is 0 Å². The van der Waals surface area contributed by atoms with Crippen LogP contribution in [-0.4, -0.2) is 158 Å². The maximum absolute atomic E-state index is 12.5. The van der Waals surface area contributed by atoms with Crippen molar-refractivity contribution in [3.8, 4) is 23.0 Å². The van der Waals surface area contributed by atoms with E-state index in [1.165, 1.54) is 6.08 Å². The number of barbiturate groups is 1. The van der Waals surface area contributed by atoms with Crippen molar-refractivity contribution in [2.45, 2.75) is 6.61 Å². The summed E-state index contributed by atoms with van der Waals surface area (Å²) in [4.78, 5) is 36.5. The van der Waals surface area contributed by atoms with Gasteiger partial charge in [0.1, 0.15) is 37.8 Å². The van der Waals surface area contributed by atoms with Gasteiger partial charge in [-0.2, -0.15) is 0 Å². The summed E-state index contributed by atoms with van der Waals surface area (Å²) < 4.78 is 73.8. The van der Waals surface area contributed by atoms with Crippen LogP contribution in [-0.2, 0) is 58.8 Å². The van der Waals surface area contributed by atoms with E-state index in [-0.39, 0.29) is 51.8 Å². The number of nitrogens with one attached hydrogen (secondary N) is 2. The van der Waals surface area contributed by atoms with Gasteiger partial charge < -0.3 is 61.6 Å². The molecule has 18 nitrogen and oxygen atoms in total. The average Bonchev–Trinajstić information content (AvgIpc) is 3.26. The molecule has 1 aliphatic heterocycles. The fourth-order valence-electron chi connectivity index (χ4n) is 5.56. The van der Waals surface area contributed by atoms with Crippen molar-refractivity contribution in [3.63, 3.8) is 0 Å². The molecule has 18 heteroatoms. The maximum atomic E-state index is 12.5. The first-order valence-electron chi connectivity index (χ1n) is 20.0. The van der Waals surface area contributed by atoms with Crippen LogP contribution in [0.4, 0.5) is 4.79 Å². The molecule has 61 heavy (non-hydrogen) atoms. The molecule has 3 aromatic rings. The van der Waals surface area contributed by atoms with E-state index < -0.39 is 17.8 Å². The lowest BCUT2D eigenvalue weighted by Crippen LogP contribution is -2.51. The summed E-state index contributed by atoms with van der Waals surface area (Å²) >= 11 is 0. The van der Waals surface area contributed by atoms with Gasteiger partial charge in [0.15, 0.2) is 11.5 Å². The summed E-state index contributed by atoms with van der Waals surface area (Å²) in [5.74, 6) is 0.154. The Labute approximate surface area is 355 Å². The second kappa shape index (κ2) is 29.4. The number of hydrogen-bond donors (Lipinski definition) is 2. The summed E-state index contributed by atoms with van der Waals surface area (Å²) in [5.41, 5.74) is 1.10. The number of fused-ring (bicyclic) bond motifs is 1. The number of carbonyl (C=O) groups excluding carboxylic acids is 3. The first kappa shape index (κ1) is 48.8. The molecule has 0 bridgehead atoms. The Kier molecular flexibility index (Phi) is 23.5. The number of hydrogen-bond acceptors (Lipinski definition) is 16. The number of amides is 4. The lowest BCUT2D eigenvalue weighted by Gasteiger charge is -2.19. The summed E-state index contributed by atoms with van der Waals surface area (Å²) in [6, 6.07) is 13.7. The van der Waals surface area contributed by atoms with Gasteiger partial charge in [-0.15, -0.1) is 0 Å². The summed E-state index contributed by atoms with van der Waals surface area (Å²) in [5, 5.41) is 5.65. The molecule has 0 aliphatic carbocycles. The molecule has 0 radical (unpaired) electrons. The van der Waals surface area contributed by atoms with Crippen molar-refractivity contribution in [1.82, 2.24) is 10.6 Å². The van der Waals surface area contributed by atoms with Crippen LogP contribution in [0.15, 0.2) is 54.1 Å². The van der Waals surface area contributed by atoms with Crippen molar-refractivity contribution in [3.05, 3.63) is 65.2 Å². The molecule has 1 fully saturated rings. The van der Waals surface area contributed by atoms with Crippen molar-refractivity contribution in [2.24, 2.45) is 0 Å². The van der Waals surface area contributed by atoms with E-state index in [0.29, 0.717) is 113 Å². The van der Waals surface area contributed by atoms with Gasteiger partial charge in [0, 0.05) is 26.7 Å². The highest BCUT2D eigenvalue weighted by Crippen LogP contribution is 2.40. The molecule has 1 heterocycles. The quantitative estimate of drug-likeness (QED) is 0.0504.